The van der Waals surface area contributed by atoms with Gasteiger partial charge < -0.3 is 10.2 Å². The molecule has 112 valence electrons. The third kappa shape index (κ3) is 5.70. The molecule has 1 aliphatic carbocycles. The van der Waals surface area contributed by atoms with Crippen molar-refractivity contribution in [1.29, 1.82) is 0 Å². The van der Waals surface area contributed by atoms with E-state index in [-0.39, 0.29) is 12.4 Å². The van der Waals surface area contributed by atoms with Crippen LogP contribution in [0, 0.1) is 11.8 Å². The second-order valence-corrected chi connectivity index (χ2v) is 6.44. The van der Waals surface area contributed by atoms with Gasteiger partial charge in [-0.15, -0.1) is 12.4 Å². The van der Waals surface area contributed by atoms with Crippen LogP contribution in [0.15, 0.2) is 0 Å². The first-order valence-electron chi connectivity index (χ1n) is 7.67. The molecule has 1 atom stereocenters. The van der Waals surface area contributed by atoms with Gasteiger partial charge in [0.25, 0.3) is 0 Å². The summed E-state index contributed by atoms with van der Waals surface area (Å²) < 4.78 is 0. The Hall–Kier alpha value is -0.280. The Bertz CT molecular complexity index is 279. The third-order valence-corrected chi connectivity index (χ3v) is 4.10. The van der Waals surface area contributed by atoms with Crippen LogP contribution in [0.5, 0.6) is 0 Å². The predicted octanol–water partition coefficient (Wildman–Crippen LogP) is 2.84. The Kier molecular flexibility index (Phi) is 7.16. The van der Waals surface area contributed by atoms with Crippen molar-refractivity contribution in [3.8, 4) is 0 Å². The summed E-state index contributed by atoms with van der Waals surface area (Å²) in [6, 6.07) is 0.494. The number of likely N-dealkylation sites (tertiary alicyclic amines) is 1. The second-order valence-electron chi connectivity index (χ2n) is 6.44. The molecule has 0 bridgehead atoms. The fourth-order valence-corrected chi connectivity index (χ4v) is 2.92. The van der Waals surface area contributed by atoms with Crippen LogP contribution in [-0.2, 0) is 4.79 Å². The van der Waals surface area contributed by atoms with E-state index < -0.39 is 0 Å². The molecule has 3 nitrogen and oxygen atoms in total. The highest BCUT2D eigenvalue weighted by Crippen LogP contribution is 2.27. The van der Waals surface area contributed by atoms with Crippen molar-refractivity contribution in [2.24, 2.45) is 11.8 Å². The van der Waals surface area contributed by atoms with Crippen molar-refractivity contribution in [1.82, 2.24) is 10.2 Å². The summed E-state index contributed by atoms with van der Waals surface area (Å²) in [5, 5.41) is 3.33. The quantitative estimate of drug-likeness (QED) is 0.815. The molecule has 0 spiro atoms. The van der Waals surface area contributed by atoms with E-state index in [1.54, 1.807) is 0 Å². The minimum Gasteiger partial charge on any atom is -0.339 e. The van der Waals surface area contributed by atoms with Crippen molar-refractivity contribution < 1.29 is 4.79 Å². The molecule has 0 aromatic rings. The van der Waals surface area contributed by atoms with Crippen LogP contribution in [0.2, 0.25) is 0 Å². The van der Waals surface area contributed by atoms with E-state index in [2.05, 4.69) is 24.1 Å². The standard InChI is InChI=1S/C15H28N2O.ClH/c1-12(2)9-14-5-3-4-8-17(14)15(18)11-16-10-13-6-7-13;/h12-14,16H,3-11H2,1-2H3;1H. The molecule has 0 aromatic heterocycles. The molecule has 2 fully saturated rings. The van der Waals surface area contributed by atoms with E-state index in [1.807, 2.05) is 0 Å². The van der Waals surface area contributed by atoms with Gasteiger partial charge in [-0.1, -0.05) is 13.8 Å². The van der Waals surface area contributed by atoms with Crippen LogP contribution < -0.4 is 5.32 Å². The number of rotatable bonds is 6. The molecule has 2 rings (SSSR count). The zero-order valence-corrected chi connectivity index (χ0v) is 13.2. The molecule has 19 heavy (non-hydrogen) atoms. The number of hydrogen-bond acceptors (Lipinski definition) is 2. The van der Waals surface area contributed by atoms with Gasteiger partial charge in [0.2, 0.25) is 5.91 Å². The molecule has 0 radical (unpaired) electrons. The van der Waals surface area contributed by atoms with Gasteiger partial charge in [-0.3, -0.25) is 4.79 Å². The van der Waals surface area contributed by atoms with Gasteiger partial charge >= 0.3 is 0 Å². The Morgan fingerprint density at radius 3 is 2.63 bits per heavy atom. The minimum absolute atomic E-state index is 0. The van der Waals surface area contributed by atoms with E-state index in [4.69, 9.17) is 0 Å². The highest BCUT2D eigenvalue weighted by molar-refractivity contribution is 5.85. The maximum atomic E-state index is 12.3. The molecule has 1 N–H and O–H groups in total. The fraction of sp³-hybridized carbons (Fsp3) is 0.933. The zero-order valence-electron chi connectivity index (χ0n) is 12.4. The van der Waals surface area contributed by atoms with Gasteiger partial charge in [0, 0.05) is 12.6 Å². The predicted molar refractivity (Wildman–Crippen MR) is 81.6 cm³/mol. The van der Waals surface area contributed by atoms with Gasteiger partial charge in [0.1, 0.15) is 0 Å². The molecule has 1 amide bonds. The largest absolute Gasteiger partial charge is 0.339 e. The lowest BCUT2D eigenvalue weighted by Gasteiger charge is -2.37. The monoisotopic (exact) mass is 288 g/mol. The Morgan fingerprint density at radius 1 is 1.26 bits per heavy atom. The summed E-state index contributed by atoms with van der Waals surface area (Å²) in [6.45, 7) is 7.06. The smallest absolute Gasteiger partial charge is 0.236 e. The van der Waals surface area contributed by atoms with Gasteiger partial charge in [0.05, 0.1) is 6.54 Å². The average Bonchev–Trinajstić information content (AvgIpc) is 3.13. The number of carbonyl (C=O) groups excluding carboxylic acids is 1. The van der Waals surface area contributed by atoms with E-state index in [1.165, 1.54) is 32.1 Å². The zero-order chi connectivity index (χ0) is 13.0. The van der Waals surface area contributed by atoms with Crippen molar-refractivity contribution in [3.63, 3.8) is 0 Å². The van der Waals surface area contributed by atoms with Crippen LogP contribution in [0.4, 0.5) is 0 Å². The molecular weight excluding hydrogens is 260 g/mol. The summed E-state index contributed by atoms with van der Waals surface area (Å²) in [4.78, 5) is 14.4. The van der Waals surface area contributed by atoms with E-state index in [0.717, 1.165) is 25.4 Å². The topological polar surface area (TPSA) is 32.3 Å². The molecule has 1 saturated carbocycles. The van der Waals surface area contributed by atoms with E-state index in [0.29, 0.717) is 24.4 Å². The van der Waals surface area contributed by atoms with Crippen LogP contribution in [-0.4, -0.2) is 36.5 Å². The summed E-state index contributed by atoms with van der Waals surface area (Å²) >= 11 is 0. The average molecular weight is 289 g/mol. The highest BCUT2D eigenvalue weighted by atomic mass is 35.5. The number of carbonyl (C=O) groups is 1. The number of nitrogens with one attached hydrogen (secondary N) is 1. The van der Waals surface area contributed by atoms with Crippen molar-refractivity contribution in [2.45, 2.75) is 58.4 Å². The van der Waals surface area contributed by atoms with Gasteiger partial charge in [-0.2, -0.15) is 0 Å². The molecule has 1 unspecified atom stereocenters. The summed E-state index contributed by atoms with van der Waals surface area (Å²) in [7, 11) is 0. The first-order valence-corrected chi connectivity index (χ1v) is 7.67. The molecular formula is C15H29ClN2O. The Morgan fingerprint density at radius 2 is 2.00 bits per heavy atom. The van der Waals surface area contributed by atoms with E-state index >= 15 is 0 Å². The van der Waals surface area contributed by atoms with Crippen molar-refractivity contribution >= 4 is 18.3 Å². The summed E-state index contributed by atoms with van der Waals surface area (Å²) in [6.07, 6.45) is 7.53. The lowest BCUT2D eigenvalue weighted by atomic mass is 9.94. The second kappa shape index (κ2) is 8.11. The number of amides is 1. The lowest BCUT2D eigenvalue weighted by Crippen LogP contribution is -2.47. The number of hydrogen-bond donors (Lipinski definition) is 1. The van der Waals surface area contributed by atoms with Crippen LogP contribution in [0.3, 0.4) is 0 Å². The number of halogens is 1. The molecule has 1 saturated heterocycles. The Labute approximate surface area is 123 Å². The van der Waals surface area contributed by atoms with Crippen LogP contribution in [0.25, 0.3) is 0 Å². The summed E-state index contributed by atoms with van der Waals surface area (Å²) in [5.41, 5.74) is 0. The van der Waals surface area contributed by atoms with Crippen molar-refractivity contribution in [2.75, 3.05) is 19.6 Å². The SMILES string of the molecule is CC(C)CC1CCCCN1C(=O)CNCC1CC1.Cl. The number of piperidine rings is 1. The Balaban J connectivity index is 0.00000180. The fourth-order valence-electron chi connectivity index (χ4n) is 2.92. The third-order valence-electron chi connectivity index (χ3n) is 4.10. The highest BCUT2D eigenvalue weighted by Gasteiger charge is 2.27. The van der Waals surface area contributed by atoms with Gasteiger partial charge in [-0.05, 0) is 56.9 Å². The van der Waals surface area contributed by atoms with Crippen LogP contribution in [0.1, 0.15) is 52.4 Å². The first-order chi connectivity index (χ1) is 8.66. The first kappa shape index (κ1) is 16.8. The molecule has 2 aliphatic rings. The van der Waals surface area contributed by atoms with E-state index in [9.17, 15) is 4.79 Å². The van der Waals surface area contributed by atoms with Gasteiger partial charge in [0.15, 0.2) is 0 Å². The normalized spacial score (nSPS) is 23.3. The molecule has 1 heterocycles. The molecule has 4 heteroatoms. The van der Waals surface area contributed by atoms with Crippen molar-refractivity contribution in [3.05, 3.63) is 0 Å². The minimum atomic E-state index is 0. The molecule has 1 aliphatic heterocycles. The summed E-state index contributed by atoms with van der Waals surface area (Å²) in [5.74, 6) is 1.86. The maximum absolute atomic E-state index is 12.3. The molecule has 0 aromatic carbocycles. The van der Waals surface area contributed by atoms with Crippen LogP contribution >= 0.6 is 12.4 Å². The lowest BCUT2D eigenvalue weighted by molar-refractivity contribution is -0.134. The van der Waals surface area contributed by atoms with Gasteiger partial charge in [-0.25, -0.2) is 0 Å². The number of nitrogens with zero attached hydrogens (tertiary/aromatic N) is 1. The maximum Gasteiger partial charge on any atom is 0.236 e.